The fourth-order valence-corrected chi connectivity index (χ4v) is 5.18. The van der Waals surface area contributed by atoms with Crippen LogP contribution in [0.2, 0.25) is 0 Å². The van der Waals surface area contributed by atoms with Gasteiger partial charge < -0.3 is 5.32 Å². The minimum Gasteiger partial charge on any atom is -0.309 e. The second kappa shape index (κ2) is 7.46. The molecule has 1 fully saturated rings. The van der Waals surface area contributed by atoms with Crippen molar-refractivity contribution in [2.24, 2.45) is 0 Å². The van der Waals surface area contributed by atoms with Crippen LogP contribution in [-0.4, -0.2) is 43.9 Å². The van der Waals surface area contributed by atoms with Crippen LogP contribution in [0.4, 0.5) is 0 Å². The van der Waals surface area contributed by atoms with Crippen LogP contribution in [-0.2, 0) is 16.6 Å². The molecule has 0 saturated heterocycles. The Morgan fingerprint density at radius 2 is 2.24 bits per heavy atom. The topological polar surface area (TPSA) is 49.4 Å². The zero-order valence-corrected chi connectivity index (χ0v) is 15.3. The second-order valence-electron chi connectivity index (χ2n) is 5.56. The van der Waals surface area contributed by atoms with Crippen LogP contribution in [0.25, 0.3) is 0 Å². The number of thiophene rings is 1. The van der Waals surface area contributed by atoms with E-state index in [9.17, 15) is 8.42 Å². The van der Waals surface area contributed by atoms with Crippen molar-refractivity contribution in [1.29, 1.82) is 0 Å². The number of sulfonamides is 1. The highest BCUT2D eigenvalue weighted by Crippen LogP contribution is 2.25. The van der Waals surface area contributed by atoms with Crippen molar-refractivity contribution in [3.8, 4) is 0 Å². The van der Waals surface area contributed by atoms with Crippen LogP contribution in [0, 0.1) is 0 Å². The summed E-state index contributed by atoms with van der Waals surface area (Å²) in [7, 11) is -1.68. The fraction of sp³-hybridized carbons (Fsp3) is 0.714. The lowest BCUT2D eigenvalue weighted by Crippen LogP contribution is -2.35. The normalized spacial score (nSPS) is 17.3. The minimum absolute atomic E-state index is 0.0235. The number of nitrogens with one attached hydrogen (secondary N) is 1. The van der Waals surface area contributed by atoms with Crippen molar-refractivity contribution in [2.45, 2.75) is 49.7 Å². The molecule has 2 rings (SSSR count). The molecule has 1 aliphatic carbocycles. The van der Waals surface area contributed by atoms with Gasteiger partial charge in [-0.2, -0.15) is 16.1 Å². The monoisotopic (exact) mass is 348 g/mol. The van der Waals surface area contributed by atoms with E-state index in [-0.39, 0.29) is 6.04 Å². The van der Waals surface area contributed by atoms with E-state index in [4.69, 9.17) is 0 Å². The van der Waals surface area contributed by atoms with Gasteiger partial charge in [-0.25, -0.2) is 8.42 Å². The van der Waals surface area contributed by atoms with Crippen molar-refractivity contribution in [3.05, 3.63) is 16.3 Å². The van der Waals surface area contributed by atoms with Crippen LogP contribution in [0.1, 0.15) is 31.1 Å². The molecule has 0 amide bonds. The van der Waals surface area contributed by atoms with E-state index in [1.165, 1.54) is 28.5 Å². The molecule has 7 heteroatoms. The molecule has 1 saturated carbocycles. The van der Waals surface area contributed by atoms with E-state index in [0.717, 1.165) is 23.6 Å². The first-order chi connectivity index (χ1) is 9.95. The molecule has 1 atom stereocenters. The summed E-state index contributed by atoms with van der Waals surface area (Å²) in [5, 5.41) is 5.18. The lowest BCUT2D eigenvalue weighted by atomic mass is 10.3. The summed E-state index contributed by atoms with van der Waals surface area (Å²) in [5.41, 5.74) is 0. The molecule has 1 aliphatic rings. The predicted octanol–water partition coefficient (Wildman–Crippen LogP) is 2.76. The fourth-order valence-electron chi connectivity index (χ4n) is 1.99. The standard InChI is InChI=1S/C14H24N2O2S3/c1-11(6-7-19-3)16(2)21(17,18)14-8-13(20-10-14)9-15-12-4-5-12/h8,10-12,15H,4-7,9H2,1-3H3. The average Bonchev–Trinajstić information content (AvgIpc) is 3.17. The third kappa shape index (κ3) is 4.69. The molecule has 1 N–H and O–H groups in total. The summed E-state index contributed by atoms with van der Waals surface area (Å²) in [6.45, 7) is 2.74. The highest BCUT2D eigenvalue weighted by molar-refractivity contribution is 7.98. The van der Waals surface area contributed by atoms with Crippen LogP contribution < -0.4 is 5.32 Å². The Balaban J connectivity index is 2.00. The zero-order chi connectivity index (χ0) is 15.5. The zero-order valence-electron chi connectivity index (χ0n) is 12.8. The lowest BCUT2D eigenvalue weighted by Gasteiger charge is -2.23. The molecule has 0 aromatic carbocycles. The Morgan fingerprint density at radius 1 is 1.52 bits per heavy atom. The van der Waals surface area contributed by atoms with Crippen LogP contribution in [0.5, 0.6) is 0 Å². The first-order valence-electron chi connectivity index (χ1n) is 7.23. The summed E-state index contributed by atoms with van der Waals surface area (Å²) in [6, 6.07) is 2.48. The highest BCUT2D eigenvalue weighted by Gasteiger charge is 2.26. The Hall–Kier alpha value is -0.0800. The van der Waals surface area contributed by atoms with Gasteiger partial charge in [0.25, 0.3) is 0 Å². The Bertz CT molecular complexity index is 552. The van der Waals surface area contributed by atoms with E-state index >= 15 is 0 Å². The van der Waals surface area contributed by atoms with Crippen molar-refractivity contribution < 1.29 is 8.42 Å². The van der Waals surface area contributed by atoms with Gasteiger partial charge in [0.05, 0.1) is 4.90 Å². The molecule has 1 aromatic rings. The predicted molar refractivity (Wildman–Crippen MR) is 91.6 cm³/mol. The van der Waals surface area contributed by atoms with Crippen molar-refractivity contribution in [3.63, 3.8) is 0 Å². The molecule has 4 nitrogen and oxygen atoms in total. The molecule has 1 unspecified atom stereocenters. The molecule has 120 valence electrons. The van der Waals surface area contributed by atoms with Crippen LogP contribution >= 0.6 is 23.1 Å². The summed E-state index contributed by atoms with van der Waals surface area (Å²) >= 11 is 3.27. The molecule has 0 aliphatic heterocycles. The summed E-state index contributed by atoms with van der Waals surface area (Å²) in [4.78, 5) is 1.52. The van der Waals surface area contributed by atoms with Crippen molar-refractivity contribution in [1.82, 2.24) is 9.62 Å². The van der Waals surface area contributed by atoms with Gasteiger partial charge in [-0.1, -0.05) is 0 Å². The lowest BCUT2D eigenvalue weighted by molar-refractivity contribution is 0.382. The van der Waals surface area contributed by atoms with Crippen molar-refractivity contribution >= 4 is 33.1 Å². The maximum absolute atomic E-state index is 12.6. The Morgan fingerprint density at radius 3 is 2.86 bits per heavy atom. The second-order valence-corrected chi connectivity index (χ2v) is 9.53. The molecular weight excluding hydrogens is 324 g/mol. The quantitative estimate of drug-likeness (QED) is 0.745. The summed E-state index contributed by atoms with van der Waals surface area (Å²) in [6.07, 6.45) is 5.40. The molecule has 0 spiro atoms. The smallest absolute Gasteiger partial charge is 0.243 e. The van der Waals surface area contributed by atoms with E-state index < -0.39 is 10.0 Å². The number of hydrogen-bond acceptors (Lipinski definition) is 5. The first kappa shape index (κ1) is 17.3. The van der Waals surface area contributed by atoms with E-state index in [0.29, 0.717) is 10.9 Å². The Labute approximate surface area is 136 Å². The van der Waals surface area contributed by atoms with Gasteiger partial charge in [0.15, 0.2) is 0 Å². The van der Waals surface area contributed by atoms with Crippen LogP contribution in [0.3, 0.4) is 0 Å². The summed E-state index contributed by atoms with van der Waals surface area (Å²) in [5.74, 6) is 0.973. The van der Waals surface area contributed by atoms with Gasteiger partial charge in [0.1, 0.15) is 0 Å². The number of thioether (sulfide) groups is 1. The maximum Gasteiger partial charge on any atom is 0.243 e. The van der Waals surface area contributed by atoms with Gasteiger partial charge in [0.2, 0.25) is 10.0 Å². The van der Waals surface area contributed by atoms with E-state index in [1.807, 2.05) is 19.2 Å². The van der Waals surface area contributed by atoms with Gasteiger partial charge in [-0.3, -0.25) is 0 Å². The molecule has 1 aromatic heterocycles. The van der Waals surface area contributed by atoms with E-state index in [2.05, 4.69) is 5.32 Å². The summed E-state index contributed by atoms with van der Waals surface area (Å²) < 4.78 is 26.7. The number of hydrogen-bond donors (Lipinski definition) is 1. The molecule has 1 heterocycles. The van der Waals surface area contributed by atoms with Crippen molar-refractivity contribution in [2.75, 3.05) is 19.1 Å². The average molecular weight is 349 g/mol. The SMILES string of the molecule is CSCCC(C)N(C)S(=O)(=O)c1csc(CNC2CC2)c1. The van der Waals surface area contributed by atoms with Gasteiger partial charge in [-0.05, 0) is 44.3 Å². The molecule has 0 radical (unpaired) electrons. The first-order valence-corrected chi connectivity index (χ1v) is 10.9. The number of nitrogens with zero attached hydrogens (tertiary/aromatic N) is 1. The highest BCUT2D eigenvalue weighted by atomic mass is 32.2. The molecule has 21 heavy (non-hydrogen) atoms. The van der Waals surface area contributed by atoms with E-state index in [1.54, 1.807) is 24.2 Å². The Kier molecular flexibility index (Phi) is 6.14. The number of rotatable bonds is 9. The largest absolute Gasteiger partial charge is 0.309 e. The third-order valence-electron chi connectivity index (χ3n) is 3.81. The molecule has 0 bridgehead atoms. The third-order valence-corrected chi connectivity index (χ3v) is 7.49. The van der Waals surface area contributed by atoms with Gasteiger partial charge in [-0.15, -0.1) is 11.3 Å². The van der Waals surface area contributed by atoms with Gasteiger partial charge >= 0.3 is 0 Å². The van der Waals surface area contributed by atoms with Crippen LogP contribution in [0.15, 0.2) is 16.3 Å². The minimum atomic E-state index is -3.36. The van der Waals surface area contributed by atoms with Gasteiger partial charge in [0, 0.05) is 35.9 Å². The maximum atomic E-state index is 12.6. The molecular formula is C14H24N2O2S3.